The second-order valence-electron chi connectivity index (χ2n) is 6.02. The number of benzene rings is 1. The molecule has 4 N–H and O–H groups in total. The SMILES string of the molecule is CCC(N)c1c2n(c3ccc(OC)cc13)CCC2.O=C(O)C=CC(=O)O. The Kier molecular flexibility index (Phi) is 6.41. The third-order valence-electron chi connectivity index (χ3n) is 4.40. The van der Waals surface area contributed by atoms with Crippen molar-refractivity contribution >= 4 is 22.8 Å². The van der Waals surface area contributed by atoms with Crippen LogP contribution >= 0.6 is 0 Å². The van der Waals surface area contributed by atoms with Gasteiger partial charge in [0.25, 0.3) is 0 Å². The lowest BCUT2D eigenvalue weighted by Crippen LogP contribution is -2.10. The molecule has 0 fully saturated rings. The molecule has 1 unspecified atom stereocenters. The van der Waals surface area contributed by atoms with Gasteiger partial charge >= 0.3 is 11.9 Å². The van der Waals surface area contributed by atoms with Crippen molar-refractivity contribution in [3.63, 3.8) is 0 Å². The molecular weight excluding hydrogens is 336 g/mol. The van der Waals surface area contributed by atoms with Crippen molar-refractivity contribution in [2.75, 3.05) is 7.11 Å². The van der Waals surface area contributed by atoms with Gasteiger partial charge < -0.3 is 25.3 Å². The average molecular weight is 360 g/mol. The molecule has 26 heavy (non-hydrogen) atoms. The smallest absolute Gasteiger partial charge is 0.328 e. The number of methoxy groups -OCH3 is 1. The van der Waals surface area contributed by atoms with E-state index in [0.29, 0.717) is 12.2 Å². The average Bonchev–Trinajstić information content (AvgIpc) is 3.19. The second-order valence-corrected chi connectivity index (χ2v) is 6.02. The minimum absolute atomic E-state index is 0.133. The molecule has 2 heterocycles. The summed E-state index contributed by atoms with van der Waals surface area (Å²) in [6.45, 7) is 3.27. The van der Waals surface area contributed by atoms with Gasteiger partial charge in [-0.25, -0.2) is 9.59 Å². The molecule has 1 atom stereocenters. The number of nitrogens with zero attached hydrogens (tertiary/aromatic N) is 1. The van der Waals surface area contributed by atoms with Crippen LogP contribution in [-0.2, 0) is 22.6 Å². The fourth-order valence-electron chi connectivity index (χ4n) is 3.23. The van der Waals surface area contributed by atoms with Crippen molar-refractivity contribution in [2.24, 2.45) is 5.73 Å². The van der Waals surface area contributed by atoms with E-state index in [1.165, 1.54) is 28.6 Å². The summed E-state index contributed by atoms with van der Waals surface area (Å²) >= 11 is 0. The molecule has 1 aliphatic rings. The number of rotatable bonds is 5. The van der Waals surface area contributed by atoms with Crippen LogP contribution in [0.4, 0.5) is 0 Å². The van der Waals surface area contributed by atoms with Crippen molar-refractivity contribution in [3.05, 3.63) is 41.6 Å². The minimum Gasteiger partial charge on any atom is -0.497 e. The van der Waals surface area contributed by atoms with Crippen LogP contribution in [0.3, 0.4) is 0 Å². The van der Waals surface area contributed by atoms with Crippen molar-refractivity contribution in [2.45, 2.75) is 38.8 Å². The van der Waals surface area contributed by atoms with E-state index in [4.69, 9.17) is 20.7 Å². The van der Waals surface area contributed by atoms with E-state index < -0.39 is 11.9 Å². The Morgan fingerprint density at radius 2 is 1.96 bits per heavy atom. The Morgan fingerprint density at radius 3 is 2.50 bits per heavy atom. The number of carbonyl (C=O) groups is 2. The Balaban J connectivity index is 0.000000260. The fourth-order valence-corrected chi connectivity index (χ4v) is 3.23. The highest BCUT2D eigenvalue weighted by Crippen LogP contribution is 2.37. The number of carboxylic acids is 2. The summed E-state index contributed by atoms with van der Waals surface area (Å²) in [6, 6.07) is 6.46. The molecule has 3 rings (SSSR count). The predicted molar refractivity (Wildman–Crippen MR) is 98.4 cm³/mol. The molecule has 0 amide bonds. The standard InChI is InChI=1S/C15H20N2O.C4H4O4/c1-3-12(16)15-11-9-10(18-2)6-7-13(11)17-8-4-5-14(15)17;5-3(6)1-2-4(7)8/h6-7,9,12H,3-5,8,16H2,1-2H3;1-2H,(H,5,6)(H,7,8). The van der Waals surface area contributed by atoms with Gasteiger partial charge in [-0.1, -0.05) is 6.92 Å². The third-order valence-corrected chi connectivity index (χ3v) is 4.40. The summed E-state index contributed by atoms with van der Waals surface area (Å²) in [7, 11) is 1.71. The lowest BCUT2D eigenvalue weighted by molar-refractivity contribution is -0.134. The minimum atomic E-state index is -1.26. The largest absolute Gasteiger partial charge is 0.497 e. The first-order valence-corrected chi connectivity index (χ1v) is 8.47. The lowest BCUT2D eigenvalue weighted by atomic mass is 10.00. The van der Waals surface area contributed by atoms with Crippen molar-refractivity contribution in [1.29, 1.82) is 0 Å². The molecule has 0 saturated carbocycles. The maximum Gasteiger partial charge on any atom is 0.328 e. The van der Waals surface area contributed by atoms with E-state index in [0.717, 1.165) is 25.1 Å². The highest BCUT2D eigenvalue weighted by molar-refractivity contribution is 5.89. The molecule has 1 aliphatic heterocycles. The van der Waals surface area contributed by atoms with Crippen LogP contribution in [0.15, 0.2) is 30.4 Å². The first-order valence-electron chi connectivity index (χ1n) is 8.47. The van der Waals surface area contributed by atoms with Gasteiger partial charge in [0.15, 0.2) is 0 Å². The summed E-state index contributed by atoms with van der Waals surface area (Å²) in [4.78, 5) is 19.1. The van der Waals surface area contributed by atoms with Gasteiger partial charge in [0.2, 0.25) is 0 Å². The van der Waals surface area contributed by atoms with Gasteiger partial charge in [0.05, 0.1) is 7.11 Å². The highest BCUT2D eigenvalue weighted by Gasteiger charge is 2.24. The number of carboxylic acid groups (broad SMARTS) is 2. The normalized spacial score (nSPS) is 14.0. The van der Waals surface area contributed by atoms with E-state index >= 15 is 0 Å². The molecule has 0 radical (unpaired) electrons. The predicted octanol–water partition coefficient (Wildman–Crippen LogP) is 2.72. The second kappa shape index (κ2) is 8.53. The van der Waals surface area contributed by atoms with Gasteiger partial charge in [0, 0.05) is 41.3 Å². The fraction of sp³-hybridized carbons (Fsp3) is 0.368. The molecule has 0 saturated heterocycles. The van der Waals surface area contributed by atoms with Crippen molar-refractivity contribution in [3.8, 4) is 5.75 Å². The summed E-state index contributed by atoms with van der Waals surface area (Å²) < 4.78 is 7.77. The first kappa shape index (κ1) is 19.5. The maximum atomic E-state index is 9.55. The topological polar surface area (TPSA) is 115 Å². The molecule has 1 aromatic carbocycles. The molecule has 0 aliphatic carbocycles. The van der Waals surface area contributed by atoms with Crippen molar-refractivity contribution < 1.29 is 24.5 Å². The highest BCUT2D eigenvalue weighted by atomic mass is 16.5. The zero-order valence-electron chi connectivity index (χ0n) is 14.9. The number of aromatic nitrogens is 1. The number of hydrogen-bond donors (Lipinski definition) is 3. The van der Waals surface area contributed by atoms with E-state index in [-0.39, 0.29) is 6.04 Å². The van der Waals surface area contributed by atoms with Crippen LogP contribution in [0.1, 0.15) is 37.1 Å². The summed E-state index contributed by atoms with van der Waals surface area (Å²) in [5.74, 6) is -1.60. The van der Waals surface area contributed by atoms with Crippen LogP contribution < -0.4 is 10.5 Å². The van der Waals surface area contributed by atoms with Gasteiger partial charge in [-0.2, -0.15) is 0 Å². The molecule has 0 bridgehead atoms. The molecule has 0 spiro atoms. The zero-order valence-corrected chi connectivity index (χ0v) is 14.9. The van der Waals surface area contributed by atoms with Crippen LogP contribution in [0, 0.1) is 0 Å². The molecule has 7 heteroatoms. The molecule has 1 aromatic heterocycles. The molecule has 2 aromatic rings. The Hall–Kier alpha value is -2.80. The molecule has 140 valence electrons. The van der Waals surface area contributed by atoms with Gasteiger partial charge in [-0.3, -0.25) is 0 Å². The first-order chi connectivity index (χ1) is 12.4. The quantitative estimate of drug-likeness (QED) is 0.706. The van der Waals surface area contributed by atoms with E-state index in [1.54, 1.807) is 7.11 Å². The molecular formula is C19H24N2O5. The number of aliphatic carboxylic acids is 2. The molecule has 7 nitrogen and oxygen atoms in total. The summed E-state index contributed by atoms with van der Waals surface area (Å²) in [5.41, 5.74) is 10.4. The van der Waals surface area contributed by atoms with Crippen LogP contribution in [0.25, 0.3) is 10.9 Å². The van der Waals surface area contributed by atoms with Crippen LogP contribution in [-0.4, -0.2) is 33.8 Å². The van der Waals surface area contributed by atoms with Crippen molar-refractivity contribution in [1.82, 2.24) is 4.57 Å². The monoisotopic (exact) mass is 360 g/mol. The summed E-state index contributed by atoms with van der Waals surface area (Å²) in [5, 5.41) is 16.9. The van der Waals surface area contributed by atoms with E-state index in [1.807, 2.05) is 6.07 Å². The van der Waals surface area contributed by atoms with E-state index in [9.17, 15) is 9.59 Å². The maximum absolute atomic E-state index is 9.55. The number of hydrogen-bond acceptors (Lipinski definition) is 4. The van der Waals surface area contributed by atoms with Gasteiger partial charge in [0.1, 0.15) is 5.75 Å². The Labute approximate surface area is 151 Å². The lowest BCUT2D eigenvalue weighted by Gasteiger charge is -2.10. The third kappa shape index (κ3) is 4.23. The van der Waals surface area contributed by atoms with E-state index in [2.05, 4.69) is 23.6 Å². The Bertz CT molecular complexity index is 822. The number of aryl methyl sites for hydroxylation is 1. The zero-order chi connectivity index (χ0) is 19.3. The number of nitrogens with two attached hydrogens (primary N) is 1. The van der Waals surface area contributed by atoms with Crippen LogP contribution in [0.5, 0.6) is 5.75 Å². The Morgan fingerprint density at radius 1 is 1.31 bits per heavy atom. The number of ether oxygens (including phenoxy) is 1. The van der Waals surface area contributed by atoms with Gasteiger partial charge in [-0.05, 0) is 43.0 Å². The van der Waals surface area contributed by atoms with Gasteiger partial charge in [-0.15, -0.1) is 0 Å². The van der Waals surface area contributed by atoms with Crippen LogP contribution in [0.2, 0.25) is 0 Å². The summed E-state index contributed by atoms with van der Waals surface area (Å²) in [6.07, 6.45) is 4.48. The number of fused-ring (bicyclic) bond motifs is 3.